The Morgan fingerprint density at radius 3 is 2.55 bits per heavy atom. The van der Waals surface area contributed by atoms with Gasteiger partial charge in [-0.25, -0.2) is 4.98 Å². The zero-order valence-electron chi connectivity index (χ0n) is 11.1. The van der Waals surface area contributed by atoms with Crippen molar-refractivity contribution in [3.8, 4) is 11.5 Å². The highest BCUT2D eigenvalue weighted by Crippen LogP contribution is 2.36. The van der Waals surface area contributed by atoms with Gasteiger partial charge in [0.1, 0.15) is 5.15 Å². The molecule has 0 aliphatic rings. The van der Waals surface area contributed by atoms with Crippen LogP contribution in [-0.2, 0) is 6.54 Å². The van der Waals surface area contributed by atoms with E-state index in [0.717, 1.165) is 11.3 Å². The van der Waals surface area contributed by atoms with Gasteiger partial charge in [0.15, 0.2) is 11.5 Å². The molecule has 2 rings (SSSR count). The van der Waals surface area contributed by atoms with Crippen molar-refractivity contribution < 1.29 is 9.47 Å². The molecule has 0 unspecified atom stereocenters. The van der Waals surface area contributed by atoms with Gasteiger partial charge >= 0.3 is 0 Å². The molecule has 0 atom stereocenters. The predicted molar refractivity (Wildman–Crippen MR) is 81.1 cm³/mol. The maximum atomic E-state index is 6.15. The van der Waals surface area contributed by atoms with E-state index in [0.29, 0.717) is 28.2 Å². The first kappa shape index (κ1) is 14.8. The Morgan fingerprint density at radius 2 is 1.95 bits per heavy atom. The number of hydrogen-bond acceptors (Lipinski definition) is 4. The molecule has 0 radical (unpaired) electrons. The first-order valence-corrected chi connectivity index (χ1v) is 6.65. The fourth-order valence-electron chi connectivity index (χ4n) is 1.76. The van der Waals surface area contributed by atoms with E-state index in [-0.39, 0.29) is 0 Å². The van der Waals surface area contributed by atoms with E-state index in [9.17, 15) is 0 Å². The van der Waals surface area contributed by atoms with Gasteiger partial charge in [0.05, 0.1) is 31.1 Å². The molecule has 0 saturated carbocycles. The number of hydrogen-bond donors (Lipinski definition) is 1. The van der Waals surface area contributed by atoms with Gasteiger partial charge in [-0.1, -0.05) is 23.2 Å². The molecule has 0 saturated heterocycles. The highest BCUT2D eigenvalue weighted by molar-refractivity contribution is 6.32. The van der Waals surface area contributed by atoms with Crippen LogP contribution in [0.15, 0.2) is 30.5 Å². The van der Waals surface area contributed by atoms with Crippen LogP contribution in [0.1, 0.15) is 5.56 Å². The summed E-state index contributed by atoms with van der Waals surface area (Å²) >= 11 is 11.9. The minimum atomic E-state index is 0.463. The van der Waals surface area contributed by atoms with E-state index in [1.807, 2.05) is 18.2 Å². The lowest BCUT2D eigenvalue weighted by Gasteiger charge is -2.12. The van der Waals surface area contributed by atoms with Gasteiger partial charge in [-0.15, -0.1) is 0 Å². The van der Waals surface area contributed by atoms with Crippen molar-refractivity contribution in [2.75, 3.05) is 19.5 Å². The van der Waals surface area contributed by atoms with Crippen LogP contribution in [0.3, 0.4) is 0 Å². The number of nitrogens with one attached hydrogen (secondary N) is 1. The number of pyridine rings is 1. The van der Waals surface area contributed by atoms with Gasteiger partial charge in [0, 0.05) is 6.54 Å². The number of ether oxygens (including phenoxy) is 2. The number of nitrogens with zero attached hydrogens (tertiary/aromatic N) is 1. The van der Waals surface area contributed by atoms with Crippen LogP contribution in [-0.4, -0.2) is 19.2 Å². The molecule has 1 N–H and O–H groups in total. The molecule has 20 heavy (non-hydrogen) atoms. The van der Waals surface area contributed by atoms with Crippen LogP contribution < -0.4 is 14.8 Å². The first-order valence-electron chi connectivity index (χ1n) is 5.90. The van der Waals surface area contributed by atoms with Gasteiger partial charge in [-0.3, -0.25) is 0 Å². The molecule has 1 aromatic heterocycles. The van der Waals surface area contributed by atoms with Gasteiger partial charge in [-0.2, -0.15) is 0 Å². The van der Waals surface area contributed by atoms with E-state index < -0.39 is 0 Å². The minimum absolute atomic E-state index is 0.463. The van der Waals surface area contributed by atoms with Crippen molar-refractivity contribution in [3.05, 3.63) is 46.2 Å². The molecule has 0 fully saturated rings. The summed E-state index contributed by atoms with van der Waals surface area (Å²) in [5.74, 6) is 1.14. The standard InChI is InChI=1S/C14H14Cl2N2O2/c1-19-12-6-9(5-11(15)14(12)20-2)7-17-10-3-4-13(16)18-8-10/h3-6,8,17H,7H2,1-2H3. The van der Waals surface area contributed by atoms with Crippen molar-refractivity contribution >= 4 is 28.9 Å². The summed E-state index contributed by atoms with van der Waals surface area (Å²) in [4.78, 5) is 4.00. The molecule has 0 amide bonds. The topological polar surface area (TPSA) is 43.4 Å². The van der Waals surface area contributed by atoms with E-state index in [4.69, 9.17) is 32.7 Å². The third-order valence-electron chi connectivity index (χ3n) is 2.72. The number of methoxy groups -OCH3 is 2. The van der Waals surface area contributed by atoms with Crippen LogP contribution >= 0.6 is 23.2 Å². The monoisotopic (exact) mass is 312 g/mol. The number of anilines is 1. The highest BCUT2D eigenvalue weighted by Gasteiger charge is 2.10. The number of aromatic nitrogens is 1. The summed E-state index contributed by atoms with van der Waals surface area (Å²) < 4.78 is 10.5. The zero-order chi connectivity index (χ0) is 14.5. The molecule has 0 bridgehead atoms. The van der Waals surface area contributed by atoms with E-state index in [1.54, 1.807) is 26.5 Å². The predicted octanol–water partition coefficient (Wildman–Crippen LogP) is 4.02. The Labute approximate surface area is 127 Å². The molecule has 1 heterocycles. The number of halogens is 2. The molecule has 2 aromatic rings. The van der Waals surface area contributed by atoms with Crippen molar-refractivity contribution in [3.63, 3.8) is 0 Å². The minimum Gasteiger partial charge on any atom is -0.493 e. The molecule has 0 spiro atoms. The fourth-order valence-corrected chi connectivity index (χ4v) is 2.18. The number of benzene rings is 1. The van der Waals surface area contributed by atoms with Gasteiger partial charge < -0.3 is 14.8 Å². The molecule has 4 nitrogen and oxygen atoms in total. The SMILES string of the molecule is COc1cc(CNc2ccc(Cl)nc2)cc(Cl)c1OC. The third kappa shape index (κ3) is 3.46. The molecular formula is C14H14Cl2N2O2. The second-order valence-corrected chi connectivity index (χ2v) is 4.83. The Morgan fingerprint density at radius 1 is 1.15 bits per heavy atom. The number of rotatable bonds is 5. The van der Waals surface area contributed by atoms with Crippen LogP contribution in [0.4, 0.5) is 5.69 Å². The first-order chi connectivity index (χ1) is 9.63. The largest absolute Gasteiger partial charge is 0.493 e. The lowest BCUT2D eigenvalue weighted by atomic mass is 10.2. The average Bonchev–Trinajstić information content (AvgIpc) is 2.46. The molecule has 0 aliphatic carbocycles. The summed E-state index contributed by atoms with van der Waals surface area (Å²) in [6, 6.07) is 7.30. The maximum Gasteiger partial charge on any atom is 0.179 e. The molecule has 6 heteroatoms. The normalized spacial score (nSPS) is 10.2. The van der Waals surface area contributed by atoms with Crippen LogP contribution in [0.25, 0.3) is 0 Å². The van der Waals surface area contributed by atoms with Crippen LogP contribution in [0.5, 0.6) is 11.5 Å². The average molecular weight is 313 g/mol. The van der Waals surface area contributed by atoms with Crippen molar-refractivity contribution in [2.24, 2.45) is 0 Å². The zero-order valence-corrected chi connectivity index (χ0v) is 12.6. The van der Waals surface area contributed by atoms with E-state index >= 15 is 0 Å². The van der Waals surface area contributed by atoms with Gasteiger partial charge in [-0.05, 0) is 29.8 Å². The molecule has 1 aromatic carbocycles. The van der Waals surface area contributed by atoms with Crippen LogP contribution in [0, 0.1) is 0 Å². The second-order valence-electron chi connectivity index (χ2n) is 4.04. The maximum absolute atomic E-state index is 6.15. The van der Waals surface area contributed by atoms with Crippen LogP contribution in [0.2, 0.25) is 10.2 Å². The van der Waals surface area contributed by atoms with Gasteiger partial charge in [0.25, 0.3) is 0 Å². The Hall–Kier alpha value is -1.65. The second kappa shape index (κ2) is 6.68. The van der Waals surface area contributed by atoms with Crippen molar-refractivity contribution in [2.45, 2.75) is 6.54 Å². The fraction of sp³-hybridized carbons (Fsp3) is 0.214. The quantitative estimate of drug-likeness (QED) is 0.847. The summed E-state index contributed by atoms with van der Waals surface area (Å²) in [5.41, 5.74) is 1.85. The Kier molecular flexibility index (Phi) is 4.93. The van der Waals surface area contributed by atoms with E-state index in [1.165, 1.54) is 0 Å². The summed E-state index contributed by atoms with van der Waals surface area (Å²) in [6.45, 7) is 0.587. The molecule has 0 aliphatic heterocycles. The smallest absolute Gasteiger partial charge is 0.179 e. The lowest BCUT2D eigenvalue weighted by molar-refractivity contribution is 0.355. The van der Waals surface area contributed by atoms with E-state index in [2.05, 4.69) is 10.3 Å². The summed E-state index contributed by atoms with van der Waals surface area (Å²) in [6.07, 6.45) is 1.67. The summed E-state index contributed by atoms with van der Waals surface area (Å²) in [7, 11) is 3.13. The highest BCUT2D eigenvalue weighted by atomic mass is 35.5. The third-order valence-corrected chi connectivity index (χ3v) is 3.22. The van der Waals surface area contributed by atoms with Crippen molar-refractivity contribution in [1.29, 1.82) is 0 Å². The lowest BCUT2D eigenvalue weighted by Crippen LogP contribution is -2.01. The molecule has 106 valence electrons. The van der Waals surface area contributed by atoms with Gasteiger partial charge in [0.2, 0.25) is 0 Å². The Balaban J connectivity index is 2.13. The molecular weight excluding hydrogens is 299 g/mol. The Bertz CT molecular complexity index is 588. The van der Waals surface area contributed by atoms with Crippen molar-refractivity contribution in [1.82, 2.24) is 4.98 Å². The summed E-state index contributed by atoms with van der Waals surface area (Å²) in [5, 5.41) is 4.20.